The van der Waals surface area contributed by atoms with Crippen LogP contribution in [0.1, 0.15) is 28.8 Å². The Bertz CT molecular complexity index is 889. The number of esters is 1. The van der Waals surface area contributed by atoms with E-state index < -0.39 is 36.0 Å². The molecule has 2 fully saturated rings. The van der Waals surface area contributed by atoms with Crippen molar-refractivity contribution in [1.29, 1.82) is 0 Å². The van der Waals surface area contributed by atoms with E-state index in [0.717, 1.165) is 10.5 Å². The molecule has 0 saturated carbocycles. The second kappa shape index (κ2) is 9.04. The van der Waals surface area contributed by atoms with Crippen molar-refractivity contribution < 1.29 is 33.8 Å². The molecule has 1 aromatic rings. The van der Waals surface area contributed by atoms with Gasteiger partial charge in [0.2, 0.25) is 11.8 Å². The summed E-state index contributed by atoms with van der Waals surface area (Å²) in [5, 5.41) is 8.79. The van der Waals surface area contributed by atoms with Crippen molar-refractivity contribution in [3.63, 3.8) is 0 Å². The first-order valence-corrected chi connectivity index (χ1v) is 9.59. The fraction of sp³-hybridized carbons (Fsp3) is 0.364. The largest absolute Gasteiger partial charge is 0.481 e. The maximum absolute atomic E-state index is 12.9. The number of rotatable bonds is 8. The van der Waals surface area contributed by atoms with Crippen LogP contribution in [0.15, 0.2) is 43.0 Å². The molecule has 0 bridgehead atoms. The summed E-state index contributed by atoms with van der Waals surface area (Å²) in [5.41, 5.74) is 1.21. The predicted molar refractivity (Wildman–Crippen MR) is 106 cm³/mol. The number of carbonyl (C=O) groups excluding carboxylic acids is 3. The Morgan fingerprint density at radius 1 is 1.17 bits per heavy atom. The number of methoxy groups -OCH3 is 1. The smallest absolute Gasteiger partial charge is 0.337 e. The summed E-state index contributed by atoms with van der Waals surface area (Å²) in [5.74, 6) is -3.43. The van der Waals surface area contributed by atoms with Crippen LogP contribution in [0.3, 0.4) is 0 Å². The summed E-state index contributed by atoms with van der Waals surface area (Å²) in [6, 6.07) is 6.73. The highest BCUT2D eigenvalue weighted by Crippen LogP contribution is 2.41. The van der Waals surface area contributed by atoms with E-state index in [4.69, 9.17) is 9.84 Å². The Balaban J connectivity index is 1.74. The first-order valence-electron chi connectivity index (χ1n) is 9.59. The Morgan fingerprint density at radius 2 is 1.80 bits per heavy atom. The van der Waals surface area contributed by atoms with Crippen LogP contribution < -0.4 is 0 Å². The van der Waals surface area contributed by atoms with E-state index in [1.165, 1.54) is 13.2 Å². The van der Waals surface area contributed by atoms with Gasteiger partial charge in [0.15, 0.2) is 0 Å². The number of fused-ring (bicyclic) bond motifs is 1. The molecule has 0 unspecified atom stereocenters. The van der Waals surface area contributed by atoms with Gasteiger partial charge in [-0.1, -0.05) is 30.4 Å². The standard InChI is InChI=1S/C22H23NO7/c1-3-15-18-19(21(27)23(20(18)26)12-4-5-17(24)25)16(30-15)11-8-13-6-9-14(10-7-13)22(28)29-2/h3,6-11,15-16,18-19H,1,4-5,12H2,2H3,(H,24,25)/b11-8+/t15-,16+,18-,19+/m0/s1. The average molecular weight is 413 g/mol. The van der Waals surface area contributed by atoms with Crippen molar-refractivity contribution >= 4 is 29.8 Å². The van der Waals surface area contributed by atoms with Gasteiger partial charge in [0.1, 0.15) is 0 Å². The SMILES string of the molecule is C=C[C@@H]1O[C@H](/C=C/c2ccc(C(=O)OC)cc2)[C@H]2C(=O)N(CCCC(=O)O)C(=O)[C@H]21. The highest BCUT2D eigenvalue weighted by Gasteiger charge is 2.58. The fourth-order valence-electron chi connectivity index (χ4n) is 3.85. The van der Waals surface area contributed by atoms with E-state index in [-0.39, 0.29) is 31.2 Å². The van der Waals surface area contributed by atoms with Crippen molar-refractivity contribution in [2.24, 2.45) is 11.8 Å². The molecule has 1 aromatic carbocycles. The average Bonchev–Trinajstić information content (AvgIpc) is 3.23. The monoisotopic (exact) mass is 413 g/mol. The minimum Gasteiger partial charge on any atom is -0.481 e. The van der Waals surface area contributed by atoms with Crippen LogP contribution in [0.2, 0.25) is 0 Å². The summed E-state index contributed by atoms with van der Waals surface area (Å²) >= 11 is 0. The Labute approximate surface area is 173 Å². The molecule has 30 heavy (non-hydrogen) atoms. The van der Waals surface area contributed by atoms with Gasteiger partial charge in [-0.15, -0.1) is 6.58 Å². The number of aliphatic carboxylic acids is 1. The van der Waals surface area contributed by atoms with Gasteiger partial charge in [0, 0.05) is 13.0 Å². The molecule has 2 amide bonds. The van der Waals surface area contributed by atoms with Gasteiger partial charge in [0.05, 0.1) is 36.7 Å². The molecule has 2 aliphatic rings. The second-order valence-corrected chi connectivity index (χ2v) is 7.15. The molecule has 0 spiro atoms. The molecule has 8 heteroatoms. The van der Waals surface area contributed by atoms with Gasteiger partial charge < -0.3 is 14.6 Å². The van der Waals surface area contributed by atoms with E-state index in [1.807, 2.05) is 0 Å². The molecule has 8 nitrogen and oxygen atoms in total. The molecular weight excluding hydrogens is 390 g/mol. The molecule has 0 aromatic heterocycles. The Kier molecular flexibility index (Phi) is 6.47. The molecule has 158 valence electrons. The van der Waals surface area contributed by atoms with Crippen molar-refractivity contribution in [1.82, 2.24) is 4.90 Å². The zero-order valence-corrected chi connectivity index (χ0v) is 16.5. The first kappa shape index (κ1) is 21.4. The van der Waals surface area contributed by atoms with Crippen LogP contribution in [-0.4, -0.2) is 59.6 Å². The number of carbonyl (C=O) groups is 4. The highest BCUT2D eigenvalue weighted by atomic mass is 16.5. The predicted octanol–water partition coefficient (Wildman–Crippen LogP) is 1.91. The van der Waals surface area contributed by atoms with Crippen molar-refractivity contribution in [3.05, 3.63) is 54.1 Å². The van der Waals surface area contributed by atoms with Gasteiger partial charge in [0.25, 0.3) is 0 Å². The van der Waals surface area contributed by atoms with E-state index in [0.29, 0.717) is 5.56 Å². The third-order valence-corrected chi connectivity index (χ3v) is 5.33. The van der Waals surface area contributed by atoms with Crippen LogP contribution in [-0.2, 0) is 23.9 Å². The lowest BCUT2D eigenvalue weighted by Crippen LogP contribution is -2.36. The Morgan fingerprint density at radius 3 is 2.37 bits per heavy atom. The summed E-state index contributed by atoms with van der Waals surface area (Å²) < 4.78 is 10.5. The van der Waals surface area contributed by atoms with Crippen LogP contribution in [0.25, 0.3) is 6.08 Å². The highest BCUT2D eigenvalue weighted by molar-refractivity contribution is 6.06. The topological polar surface area (TPSA) is 110 Å². The number of imide groups is 1. The third kappa shape index (κ3) is 4.18. The quantitative estimate of drug-likeness (QED) is 0.394. The van der Waals surface area contributed by atoms with Crippen molar-refractivity contribution in [2.45, 2.75) is 25.0 Å². The number of ether oxygens (including phenoxy) is 2. The molecule has 0 radical (unpaired) electrons. The molecule has 2 saturated heterocycles. The summed E-state index contributed by atoms with van der Waals surface area (Å²) in [7, 11) is 1.31. The number of hydrogen-bond donors (Lipinski definition) is 1. The first-order chi connectivity index (χ1) is 14.4. The zero-order chi connectivity index (χ0) is 21.8. The molecule has 1 N–H and O–H groups in total. The zero-order valence-electron chi connectivity index (χ0n) is 16.5. The van der Waals surface area contributed by atoms with Crippen LogP contribution >= 0.6 is 0 Å². The third-order valence-electron chi connectivity index (χ3n) is 5.33. The second-order valence-electron chi connectivity index (χ2n) is 7.15. The fourth-order valence-corrected chi connectivity index (χ4v) is 3.85. The molecule has 2 heterocycles. The van der Waals surface area contributed by atoms with Gasteiger partial charge in [-0.25, -0.2) is 4.79 Å². The maximum Gasteiger partial charge on any atom is 0.337 e. The molecular formula is C22H23NO7. The molecule has 0 aliphatic carbocycles. The number of carboxylic acid groups (broad SMARTS) is 1. The number of hydrogen-bond acceptors (Lipinski definition) is 6. The normalized spacial score (nSPS) is 25.6. The van der Waals surface area contributed by atoms with Crippen LogP contribution in [0.5, 0.6) is 0 Å². The lowest BCUT2D eigenvalue weighted by atomic mass is 9.89. The van der Waals surface area contributed by atoms with Gasteiger partial charge in [-0.05, 0) is 24.1 Å². The summed E-state index contributed by atoms with van der Waals surface area (Å²) in [4.78, 5) is 49.0. The van der Waals surface area contributed by atoms with E-state index in [9.17, 15) is 19.2 Å². The van der Waals surface area contributed by atoms with E-state index >= 15 is 0 Å². The molecule has 2 aliphatic heterocycles. The molecule has 3 rings (SSSR count). The lowest BCUT2D eigenvalue weighted by molar-refractivity contribution is -0.144. The van der Waals surface area contributed by atoms with Crippen LogP contribution in [0.4, 0.5) is 0 Å². The van der Waals surface area contributed by atoms with Gasteiger partial charge in [-0.3, -0.25) is 19.3 Å². The maximum atomic E-state index is 12.9. The van der Waals surface area contributed by atoms with E-state index in [1.54, 1.807) is 36.4 Å². The number of likely N-dealkylation sites (tertiary alicyclic amines) is 1. The van der Waals surface area contributed by atoms with Crippen molar-refractivity contribution in [2.75, 3.05) is 13.7 Å². The van der Waals surface area contributed by atoms with Gasteiger partial charge in [-0.2, -0.15) is 0 Å². The Hall–Kier alpha value is -3.26. The summed E-state index contributed by atoms with van der Waals surface area (Å²) in [6.07, 6.45) is 3.89. The molecule has 4 atom stereocenters. The number of benzene rings is 1. The lowest BCUT2D eigenvalue weighted by Gasteiger charge is -2.19. The number of carboxylic acids is 1. The number of amides is 2. The minimum atomic E-state index is -0.972. The van der Waals surface area contributed by atoms with E-state index in [2.05, 4.69) is 11.3 Å². The van der Waals surface area contributed by atoms with Crippen molar-refractivity contribution in [3.8, 4) is 0 Å². The minimum absolute atomic E-state index is 0.0756. The van der Waals surface area contributed by atoms with Gasteiger partial charge >= 0.3 is 11.9 Å². The van der Waals surface area contributed by atoms with Crippen LogP contribution in [0, 0.1) is 11.8 Å². The number of nitrogens with zero attached hydrogens (tertiary/aromatic N) is 1. The summed E-state index contributed by atoms with van der Waals surface area (Å²) in [6.45, 7) is 3.78.